The minimum absolute atomic E-state index is 0.0150. The van der Waals surface area contributed by atoms with Crippen molar-refractivity contribution in [1.82, 2.24) is 0 Å². The molecule has 0 spiro atoms. The van der Waals surface area contributed by atoms with Gasteiger partial charge in [-0.25, -0.2) is 13.2 Å². The SMILES string of the molecule is [2H]C1(F)CC(C2CCC(CCC)CC2)=CC([2H])(OCc2ccc(F)cc2)C1([2H])F. The molecular formula is C22H29F3O. The average molecular weight is 369 g/mol. The molecule has 2 aliphatic rings. The first-order valence-corrected chi connectivity index (χ1v) is 9.56. The summed E-state index contributed by atoms with van der Waals surface area (Å²) in [6.07, 6.45) is -2.90. The summed E-state index contributed by atoms with van der Waals surface area (Å²) in [5.41, 5.74) is 0.982. The Morgan fingerprint density at radius 2 is 1.81 bits per heavy atom. The Bertz CT molecular complexity index is 727. The van der Waals surface area contributed by atoms with Crippen molar-refractivity contribution in [1.29, 1.82) is 0 Å². The number of hydrogen-bond donors (Lipinski definition) is 0. The third-order valence-corrected chi connectivity index (χ3v) is 5.51. The topological polar surface area (TPSA) is 9.23 Å². The van der Waals surface area contributed by atoms with Crippen molar-refractivity contribution in [3.63, 3.8) is 0 Å². The van der Waals surface area contributed by atoms with Gasteiger partial charge in [0.05, 0.1) is 10.7 Å². The normalized spacial score (nSPS) is 42.5. The molecule has 3 unspecified atom stereocenters. The van der Waals surface area contributed by atoms with Crippen molar-refractivity contribution in [3.05, 3.63) is 47.3 Å². The van der Waals surface area contributed by atoms with Crippen LogP contribution >= 0.6 is 0 Å². The van der Waals surface area contributed by atoms with E-state index >= 15 is 4.39 Å². The van der Waals surface area contributed by atoms with Crippen molar-refractivity contribution >= 4 is 0 Å². The summed E-state index contributed by atoms with van der Waals surface area (Å²) in [4.78, 5) is 0. The third-order valence-electron chi connectivity index (χ3n) is 5.51. The largest absolute Gasteiger partial charge is 0.366 e. The van der Waals surface area contributed by atoms with E-state index in [1.807, 2.05) is 0 Å². The maximum atomic E-state index is 15.1. The van der Waals surface area contributed by atoms with Crippen molar-refractivity contribution in [2.24, 2.45) is 11.8 Å². The number of allylic oxidation sites excluding steroid dienone is 1. The molecule has 144 valence electrons. The van der Waals surface area contributed by atoms with Gasteiger partial charge in [-0.1, -0.05) is 43.5 Å². The second-order valence-corrected chi connectivity index (χ2v) is 7.40. The maximum Gasteiger partial charge on any atom is 0.161 e. The van der Waals surface area contributed by atoms with Crippen molar-refractivity contribution in [3.8, 4) is 0 Å². The second kappa shape index (κ2) is 9.07. The van der Waals surface area contributed by atoms with E-state index in [1.54, 1.807) is 0 Å². The molecule has 3 rings (SSSR count). The molecule has 0 saturated heterocycles. The number of alkyl halides is 2. The summed E-state index contributed by atoms with van der Waals surface area (Å²) in [7, 11) is 0. The highest BCUT2D eigenvalue weighted by atomic mass is 19.2. The van der Waals surface area contributed by atoms with Gasteiger partial charge in [0.2, 0.25) is 0 Å². The van der Waals surface area contributed by atoms with Gasteiger partial charge in [-0.05, 0) is 55.2 Å². The maximum absolute atomic E-state index is 15.1. The van der Waals surface area contributed by atoms with E-state index in [0.717, 1.165) is 38.5 Å². The summed E-state index contributed by atoms with van der Waals surface area (Å²) in [6.45, 7) is 1.87. The number of benzene rings is 1. The summed E-state index contributed by atoms with van der Waals surface area (Å²) in [6, 6.07) is 5.27. The summed E-state index contributed by atoms with van der Waals surface area (Å²) in [5.74, 6) is 0.180. The molecule has 3 atom stereocenters. The highest BCUT2D eigenvalue weighted by molar-refractivity contribution is 5.19. The molecule has 0 aromatic heterocycles. The first-order valence-electron chi connectivity index (χ1n) is 11.1. The van der Waals surface area contributed by atoms with Crippen molar-refractivity contribution in [2.45, 2.75) is 76.9 Å². The molecule has 0 aliphatic heterocycles. The molecule has 26 heavy (non-hydrogen) atoms. The molecule has 4 heteroatoms. The van der Waals surface area contributed by atoms with Gasteiger partial charge in [0.25, 0.3) is 0 Å². The van der Waals surface area contributed by atoms with E-state index in [9.17, 15) is 8.78 Å². The van der Waals surface area contributed by atoms with Crippen LogP contribution < -0.4 is 0 Å². The minimum Gasteiger partial charge on any atom is -0.366 e. The van der Waals surface area contributed by atoms with E-state index in [1.165, 1.54) is 30.3 Å². The van der Waals surface area contributed by atoms with Crippen molar-refractivity contribution < 1.29 is 22.0 Å². The molecule has 0 heterocycles. The Morgan fingerprint density at radius 3 is 2.46 bits per heavy atom. The Kier molecular flexibility index (Phi) is 5.49. The summed E-state index contributed by atoms with van der Waals surface area (Å²) < 4.78 is 72.5. The lowest BCUT2D eigenvalue weighted by Crippen LogP contribution is -2.37. The standard InChI is InChI=1S/C22H29F3O/c1-2-3-15-4-8-17(9-5-15)18-12-20(24)22(25)21(13-18)26-14-16-6-10-19(23)11-7-16/h6-7,10-11,13,15,17,20-22H,2-5,8-9,12,14H2,1H3/i20D,21D,22D. The second-order valence-electron chi connectivity index (χ2n) is 7.40. The minimum atomic E-state index is -3.58. The lowest BCUT2D eigenvalue weighted by molar-refractivity contribution is -0.0204. The zero-order valence-electron chi connectivity index (χ0n) is 18.2. The third kappa shape index (κ3) is 4.91. The lowest BCUT2D eigenvalue weighted by Gasteiger charge is -2.35. The monoisotopic (exact) mass is 369 g/mol. The average Bonchev–Trinajstić information content (AvgIpc) is 2.67. The van der Waals surface area contributed by atoms with Crippen LogP contribution in [-0.2, 0) is 11.3 Å². The van der Waals surface area contributed by atoms with Gasteiger partial charge < -0.3 is 4.74 Å². The van der Waals surface area contributed by atoms with Gasteiger partial charge in [-0.2, -0.15) is 0 Å². The van der Waals surface area contributed by atoms with Gasteiger partial charge in [-0.3, -0.25) is 0 Å². The molecule has 0 N–H and O–H groups in total. The molecule has 1 aromatic carbocycles. The fraction of sp³-hybridized carbons (Fsp3) is 0.636. The molecule has 0 radical (unpaired) electrons. The first-order chi connectivity index (χ1) is 13.6. The van der Waals surface area contributed by atoms with Gasteiger partial charge in [0.15, 0.2) is 6.15 Å². The summed E-state index contributed by atoms with van der Waals surface area (Å²) in [5, 5.41) is 0. The Hall–Kier alpha value is -1.29. The highest BCUT2D eigenvalue weighted by Crippen LogP contribution is 2.40. The highest BCUT2D eigenvalue weighted by Gasteiger charge is 2.37. The molecule has 0 bridgehead atoms. The first kappa shape index (κ1) is 15.7. The Balaban J connectivity index is 1.80. The molecule has 2 aliphatic carbocycles. The van der Waals surface area contributed by atoms with Crippen molar-refractivity contribution in [2.75, 3.05) is 0 Å². The number of rotatable bonds is 6. The zero-order chi connectivity index (χ0) is 21.3. The quantitative estimate of drug-likeness (QED) is 0.533. The number of hydrogen-bond acceptors (Lipinski definition) is 1. The Morgan fingerprint density at radius 1 is 1.12 bits per heavy atom. The van der Waals surface area contributed by atoms with E-state index in [2.05, 4.69) is 6.92 Å². The van der Waals surface area contributed by atoms with Crippen LogP contribution in [0.15, 0.2) is 35.9 Å². The van der Waals surface area contributed by atoms with Gasteiger partial charge in [-0.15, -0.1) is 0 Å². The van der Waals surface area contributed by atoms with Crippen LogP contribution in [0.4, 0.5) is 13.2 Å². The molecule has 1 aromatic rings. The van der Waals surface area contributed by atoms with Crippen LogP contribution in [0.25, 0.3) is 0 Å². The van der Waals surface area contributed by atoms with Gasteiger partial charge in [0.1, 0.15) is 18.0 Å². The fourth-order valence-corrected chi connectivity index (χ4v) is 4.01. The predicted molar refractivity (Wildman–Crippen MR) is 97.8 cm³/mol. The molecular weight excluding hydrogens is 337 g/mol. The Labute approximate surface area is 158 Å². The summed E-state index contributed by atoms with van der Waals surface area (Å²) >= 11 is 0. The molecule has 1 saturated carbocycles. The van der Waals surface area contributed by atoms with Crippen LogP contribution in [0.1, 0.15) is 61.5 Å². The predicted octanol–water partition coefficient (Wildman–Crippen LogP) is 6.32. The zero-order valence-corrected chi connectivity index (χ0v) is 15.2. The number of ether oxygens (including phenoxy) is 1. The molecule has 1 fully saturated rings. The van der Waals surface area contributed by atoms with Crippen LogP contribution in [0.5, 0.6) is 0 Å². The van der Waals surface area contributed by atoms with Crippen LogP contribution in [-0.4, -0.2) is 18.4 Å². The smallest absolute Gasteiger partial charge is 0.161 e. The fourth-order valence-electron chi connectivity index (χ4n) is 4.01. The molecule has 0 amide bonds. The van der Waals surface area contributed by atoms with Crippen LogP contribution in [0, 0.1) is 17.7 Å². The molecule has 1 nitrogen and oxygen atoms in total. The van der Waals surface area contributed by atoms with Crippen LogP contribution in [0.3, 0.4) is 0 Å². The van der Waals surface area contributed by atoms with E-state index in [-0.39, 0.29) is 12.5 Å². The van der Waals surface area contributed by atoms with E-state index in [4.69, 9.17) is 8.85 Å². The van der Waals surface area contributed by atoms with Gasteiger partial charge in [0, 0.05) is 6.42 Å². The van der Waals surface area contributed by atoms with E-state index in [0.29, 0.717) is 17.1 Å². The number of halogens is 3. The van der Waals surface area contributed by atoms with Crippen LogP contribution in [0.2, 0.25) is 0 Å². The lowest BCUT2D eigenvalue weighted by atomic mass is 9.74. The van der Waals surface area contributed by atoms with E-state index < -0.39 is 30.6 Å². The van der Waals surface area contributed by atoms with Gasteiger partial charge >= 0.3 is 0 Å².